The maximum absolute atomic E-state index is 14.5. The molecule has 0 radical (unpaired) electrons. The van der Waals surface area contributed by atoms with E-state index < -0.39 is 10.0 Å². The van der Waals surface area contributed by atoms with Crippen LogP contribution in [0.15, 0.2) is 47.4 Å². The second-order valence-corrected chi connectivity index (χ2v) is 15.4. The molecule has 3 saturated heterocycles. The summed E-state index contributed by atoms with van der Waals surface area (Å²) in [4.78, 5) is 31.2. The zero-order chi connectivity index (χ0) is 33.4. The van der Waals surface area contributed by atoms with Gasteiger partial charge in [-0.15, -0.1) is 0 Å². The number of rotatable bonds is 7. The van der Waals surface area contributed by atoms with Crippen molar-refractivity contribution >= 4 is 50.0 Å². The molecular weight excluding hydrogens is 650 g/mol. The molecule has 3 aromatic heterocycles. The smallest absolute Gasteiger partial charge is 0.260 e. The highest BCUT2D eigenvalue weighted by molar-refractivity contribution is 7.88. The van der Waals surface area contributed by atoms with E-state index in [2.05, 4.69) is 25.8 Å². The number of hydrogen-bond donors (Lipinski definition) is 3. The Morgan fingerprint density at radius 1 is 0.938 bits per heavy atom. The number of anilines is 3. The fraction of sp³-hybridized carbons (Fsp3) is 0.471. The van der Waals surface area contributed by atoms with E-state index in [-0.39, 0.29) is 17.6 Å². The molecule has 1 atom stereocenters. The van der Waals surface area contributed by atoms with Crippen LogP contribution in [0.5, 0.6) is 0 Å². The Morgan fingerprint density at radius 3 is 2.42 bits per heavy atom. The summed E-state index contributed by atoms with van der Waals surface area (Å²) in [6.07, 6.45) is 7.32. The van der Waals surface area contributed by atoms with E-state index in [0.717, 1.165) is 67.5 Å². The minimum atomic E-state index is -3.33. The number of aromatic nitrogens is 4. The largest absolute Gasteiger partial charge is 0.368 e. The number of halogens is 1. The van der Waals surface area contributed by atoms with Crippen LogP contribution in [0.4, 0.5) is 17.3 Å². The zero-order valence-electron chi connectivity index (χ0n) is 27.4. The lowest BCUT2D eigenvalue weighted by molar-refractivity contribution is 0.275. The third kappa shape index (κ3) is 6.79. The van der Waals surface area contributed by atoms with Gasteiger partial charge in [0.25, 0.3) is 5.56 Å². The summed E-state index contributed by atoms with van der Waals surface area (Å²) in [5.41, 5.74) is 5.11. The second kappa shape index (κ2) is 13.7. The van der Waals surface area contributed by atoms with Gasteiger partial charge < -0.3 is 20.9 Å². The van der Waals surface area contributed by atoms with Crippen molar-refractivity contribution in [1.82, 2.24) is 34.5 Å². The number of hydrogen-bond acceptors (Lipinski definition) is 10. The van der Waals surface area contributed by atoms with E-state index in [0.29, 0.717) is 53.5 Å². The van der Waals surface area contributed by atoms with E-state index in [1.807, 2.05) is 43.3 Å². The number of piperazine rings is 1. The topological polar surface area (TPSA) is 137 Å². The lowest BCUT2D eigenvalue weighted by Crippen LogP contribution is -2.43. The molecule has 0 spiro atoms. The van der Waals surface area contributed by atoms with Crippen molar-refractivity contribution in [1.29, 1.82) is 0 Å². The van der Waals surface area contributed by atoms with Gasteiger partial charge in [-0.25, -0.2) is 17.7 Å². The number of nitrogens with one attached hydrogen (secondary N) is 3. The summed E-state index contributed by atoms with van der Waals surface area (Å²) in [7, 11) is -3.33. The van der Waals surface area contributed by atoms with E-state index in [9.17, 15) is 13.2 Å². The molecule has 3 aliphatic rings. The Kier molecular flexibility index (Phi) is 9.40. The summed E-state index contributed by atoms with van der Waals surface area (Å²) >= 11 is 6.71. The van der Waals surface area contributed by atoms with Crippen LogP contribution in [0, 0.1) is 6.92 Å². The molecule has 1 unspecified atom stereocenters. The van der Waals surface area contributed by atoms with Crippen LogP contribution in [-0.2, 0) is 10.0 Å². The highest BCUT2D eigenvalue weighted by Crippen LogP contribution is 2.33. The molecule has 0 bridgehead atoms. The van der Waals surface area contributed by atoms with Gasteiger partial charge in [0, 0.05) is 85.4 Å². The number of piperidine rings is 2. The first-order valence-electron chi connectivity index (χ1n) is 16.8. The van der Waals surface area contributed by atoms with Crippen LogP contribution < -0.4 is 26.4 Å². The molecule has 7 rings (SSSR count). The first-order chi connectivity index (χ1) is 23.2. The number of sulfonamides is 1. The average molecular weight is 692 g/mol. The minimum Gasteiger partial charge on any atom is -0.368 e. The maximum Gasteiger partial charge on any atom is 0.260 e. The number of pyridine rings is 2. The summed E-state index contributed by atoms with van der Waals surface area (Å²) < 4.78 is 27.8. The fourth-order valence-electron chi connectivity index (χ4n) is 7.18. The molecular formula is C34H42ClN9O3S. The van der Waals surface area contributed by atoms with Crippen LogP contribution in [0.3, 0.4) is 0 Å². The van der Waals surface area contributed by atoms with Crippen LogP contribution in [-0.4, -0.2) is 84.3 Å². The highest BCUT2D eigenvalue weighted by atomic mass is 35.5. The quantitative estimate of drug-likeness (QED) is 0.256. The highest BCUT2D eigenvalue weighted by Gasteiger charge is 2.29. The molecule has 14 heteroatoms. The average Bonchev–Trinajstić information content (AvgIpc) is 3.09. The van der Waals surface area contributed by atoms with Crippen molar-refractivity contribution < 1.29 is 8.42 Å². The molecule has 0 saturated carbocycles. The van der Waals surface area contributed by atoms with Crippen LogP contribution in [0.1, 0.15) is 55.6 Å². The van der Waals surface area contributed by atoms with E-state index in [4.69, 9.17) is 21.6 Å². The Balaban J connectivity index is 1.25. The fourth-order valence-corrected chi connectivity index (χ4v) is 8.36. The van der Waals surface area contributed by atoms with Crippen molar-refractivity contribution in [3.05, 3.63) is 69.4 Å². The van der Waals surface area contributed by atoms with E-state index in [1.54, 1.807) is 10.8 Å². The summed E-state index contributed by atoms with van der Waals surface area (Å²) in [6, 6.07) is 11.7. The molecule has 254 valence electrons. The van der Waals surface area contributed by atoms with Gasteiger partial charge in [0.05, 0.1) is 22.7 Å². The number of benzene rings is 1. The Bertz CT molecular complexity index is 1980. The summed E-state index contributed by atoms with van der Waals surface area (Å²) in [5.74, 6) is 0.338. The minimum absolute atomic E-state index is 0.179. The van der Waals surface area contributed by atoms with Crippen LogP contribution >= 0.6 is 11.6 Å². The first-order valence-corrected chi connectivity index (χ1v) is 19.0. The van der Waals surface area contributed by atoms with Gasteiger partial charge in [-0.1, -0.05) is 24.1 Å². The molecule has 0 aliphatic carbocycles. The lowest BCUT2D eigenvalue weighted by atomic mass is 9.98. The monoisotopic (exact) mass is 691 g/mol. The van der Waals surface area contributed by atoms with Gasteiger partial charge >= 0.3 is 0 Å². The first kappa shape index (κ1) is 32.9. The van der Waals surface area contributed by atoms with Crippen molar-refractivity contribution in [3.8, 4) is 11.1 Å². The molecule has 0 amide bonds. The third-order valence-corrected chi connectivity index (χ3v) is 11.4. The van der Waals surface area contributed by atoms with Crippen molar-refractivity contribution in [2.45, 2.75) is 51.1 Å². The van der Waals surface area contributed by atoms with Crippen molar-refractivity contribution in [3.63, 3.8) is 0 Å². The standard InChI is InChI=1S/C34H42ClN9O3S/c1-22-26(7-8-30(39-22)29-5-3-4-12-37-29)27-19-23-21-38-34(40-24-6-9-31(28(35)20-24)42-17-13-36-14-18-42)41-32(23)44(33(27)45)25-10-15-43(16-11-25)48(2,46)47/h6-9,19-21,25,29,36-37H,3-5,10-18H2,1-2H3,(H,38,40,41). The van der Waals surface area contributed by atoms with Gasteiger partial charge in [-0.3, -0.25) is 14.3 Å². The molecule has 3 N–H and O–H groups in total. The van der Waals surface area contributed by atoms with Crippen molar-refractivity contribution in [2.24, 2.45) is 0 Å². The van der Waals surface area contributed by atoms with Gasteiger partial charge in [0.1, 0.15) is 5.65 Å². The van der Waals surface area contributed by atoms with Crippen LogP contribution in [0.25, 0.3) is 22.2 Å². The molecule has 3 fully saturated rings. The van der Waals surface area contributed by atoms with E-state index >= 15 is 0 Å². The SMILES string of the molecule is Cc1nc(C2CCCCN2)ccc1-c1cc2cnc(Nc3ccc(N4CCNCC4)c(Cl)c3)nc2n(C2CCN(S(C)(=O)=O)CC2)c1=O. The summed E-state index contributed by atoms with van der Waals surface area (Å²) in [5, 5.41) is 11.5. The molecule has 3 aliphatic heterocycles. The Hall–Kier alpha value is -3.62. The Labute approximate surface area is 286 Å². The predicted molar refractivity (Wildman–Crippen MR) is 191 cm³/mol. The predicted octanol–water partition coefficient (Wildman–Crippen LogP) is 4.38. The van der Waals surface area contributed by atoms with Gasteiger partial charge in [0.2, 0.25) is 16.0 Å². The van der Waals surface area contributed by atoms with Gasteiger partial charge in [-0.05, 0) is 69.5 Å². The van der Waals surface area contributed by atoms with Gasteiger partial charge in [0.15, 0.2) is 0 Å². The number of aryl methyl sites for hydroxylation is 1. The van der Waals surface area contributed by atoms with Gasteiger partial charge in [-0.2, -0.15) is 4.98 Å². The number of nitrogens with zero attached hydrogens (tertiary/aromatic N) is 6. The molecule has 12 nitrogen and oxygen atoms in total. The van der Waals surface area contributed by atoms with E-state index in [1.165, 1.54) is 23.4 Å². The lowest BCUT2D eigenvalue weighted by Gasteiger charge is -2.32. The van der Waals surface area contributed by atoms with Crippen molar-refractivity contribution in [2.75, 3.05) is 62.3 Å². The number of fused-ring (bicyclic) bond motifs is 1. The molecule has 1 aromatic carbocycles. The zero-order valence-corrected chi connectivity index (χ0v) is 28.9. The molecule has 4 aromatic rings. The van der Waals surface area contributed by atoms with Crippen LogP contribution in [0.2, 0.25) is 5.02 Å². The maximum atomic E-state index is 14.5. The molecule has 48 heavy (non-hydrogen) atoms. The normalized spacial score (nSPS) is 19.9. The Morgan fingerprint density at radius 2 is 1.73 bits per heavy atom. The summed E-state index contributed by atoms with van der Waals surface area (Å²) in [6.45, 7) is 7.20. The molecule has 6 heterocycles. The second-order valence-electron chi connectivity index (χ2n) is 13.0. The third-order valence-electron chi connectivity index (χ3n) is 9.76.